The number of hydrogen-bond donors (Lipinski definition) is 1. The highest BCUT2D eigenvalue weighted by Crippen LogP contribution is 2.28. The van der Waals surface area contributed by atoms with Gasteiger partial charge in [0.1, 0.15) is 0 Å². The van der Waals surface area contributed by atoms with Gasteiger partial charge in [0.25, 0.3) is 0 Å². The Morgan fingerprint density at radius 1 is 1.19 bits per heavy atom. The molecular formula is C14H19ClO. The molecule has 1 aromatic rings. The highest BCUT2D eigenvalue weighted by atomic mass is 35.5. The van der Waals surface area contributed by atoms with Crippen LogP contribution in [-0.2, 0) is 6.42 Å². The van der Waals surface area contributed by atoms with Crippen molar-refractivity contribution in [2.75, 3.05) is 0 Å². The highest BCUT2D eigenvalue weighted by molar-refractivity contribution is 6.31. The minimum Gasteiger partial charge on any atom is -0.393 e. The van der Waals surface area contributed by atoms with Crippen molar-refractivity contribution in [2.45, 2.75) is 44.6 Å². The van der Waals surface area contributed by atoms with E-state index < -0.39 is 0 Å². The maximum Gasteiger partial charge on any atom is 0.0543 e. The average Bonchev–Trinajstić information content (AvgIpc) is 2.46. The lowest BCUT2D eigenvalue weighted by Crippen LogP contribution is -2.12. The molecule has 2 unspecified atom stereocenters. The molecular weight excluding hydrogens is 220 g/mol. The molecule has 2 heteroatoms. The second-order valence-corrected chi connectivity index (χ2v) is 5.24. The molecule has 0 spiro atoms. The van der Waals surface area contributed by atoms with Gasteiger partial charge in [0.2, 0.25) is 0 Å². The smallest absolute Gasteiger partial charge is 0.0543 e. The Labute approximate surface area is 102 Å². The summed E-state index contributed by atoms with van der Waals surface area (Å²) in [6.07, 6.45) is 6.45. The molecule has 1 aliphatic rings. The molecule has 1 fully saturated rings. The molecule has 0 amide bonds. The van der Waals surface area contributed by atoms with E-state index in [1.807, 2.05) is 18.2 Å². The lowest BCUT2D eigenvalue weighted by Gasteiger charge is -2.17. The summed E-state index contributed by atoms with van der Waals surface area (Å²) >= 11 is 6.16. The Hall–Kier alpha value is -0.530. The summed E-state index contributed by atoms with van der Waals surface area (Å²) < 4.78 is 0. The first-order valence-electron chi connectivity index (χ1n) is 6.17. The SMILES string of the molecule is OC1CCCCC(Cc2ccccc2Cl)C1. The van der Waals surface area contributed by atoms with E-state index in [4.69, 9.17) is 11.6 Å². The molecule has 1 saturated carbocycles. The van der Waals surface area contributed by atoms with Crippen molar-refractivity contribution >= 4 is 11.6 Å². The van der Waals surface area contributed by atoms with Gasteiger partial charge in [-0.2, -0.15) is 0 Å². The van der Waals surface area contributed by atoms with Crippen molar-refractivity contribution in [1.29, 1.82) is 0 Å². The second kappa shape index (κ2) is 5.70. The van der Waals surface area contributed by atoms with E-state index in [2.05, 4.69) is 6.07 Å². The molecule has 0 aliphatic heterocycles. The third-order valence-corrected chi connectivity index (χ3v) is 3.84. The van der Waals surface area contributed by atoms with Crippen molar-refractivity contribution in [3.05, 3.63) is 34.9 Å². The average molecular weight is 239 g/mol. The monoisotopic (exact) mass is 238 g/mol. The van der Waals surface area contributed by atoms with Crippen LogP contribution >= 0.6 is 11.6 Å². The van der Waals surface area contributed by atoms with E-state index in [0.717, 1.165) is 24.3 Å². The van der Waals surface area contributed by atoms with Crippen LogP contribution in [0.15, 0.2) is 24.3 Å². The van der Waals surface area contributed by atoms with Crippen molar-refractivity contribution in [1.82, 2.24) is 0 Å². The Morgan fingerprint density at radius 3 is 2.75 bits per heavy atom. The molecule has 1 aliphatic carbocycles. The number of hydrogen-bond acceptors (Lipinski definition) is 1. The summed E-state index contributed by atoms with van der Waals surface area (Å²) in [4.78, 5) is 0. The molecule has 1 aromatic carbocycles. The maximum atomic E-state index is 9.77. The van der Waals surface area contributed by atoms with Gasteiger partial charge < -0.3 is 5.11 Å². The van der Waals surface area contributed by atoms with Gasteiger partial charge in [-0.25, -0.2) is 0 Å². The quantitative estimate of drug-likeness (QED) is 0.777. The number of rotatable bonds is 2. The molecule has 0 heterocycles. The van der Waals surface area contributed by atoms with Crippen LogP contribution in [0, 0.1) is 5.92 Å². The molecule has 0 radical (unpaired) electrons. The summed E-state index contributed by atoms with van der Waals surface area (Å²) in [5.74, 6) is 0.595. The first kappa shape index (κ1) is 11.9. The Kier molecular flexibility index (Phi) is 4.25. The third kappa shape index (κ3) is 3.23. The van der Waals surface area contributed by atoms with Crippen LogP contribution < -0.4 is 0 Å². The van der Waals surface area contributed by atoms with Crippen molar-refractivity contribution < 1.29 is 5.11 Å². The fourth-order valence-corrected chi connectivity index (χ4v) is 2.81. The van der Waals surface area contributed by atoms with Crippen LogP contribution in [0.25, 0.3) is 0 Å². The number of aliphatic hydroxyl groups excluding tert-OH is 1. The minimum absolute atomic E-state index is 0.102. The Balaban J connectivity index is 2.00. The number of aliphatic hydroxyl groups is 1. The molecule has 1 nitrogen and oxygen atoms in total. The van der Waals surface area contributed by atoms with Gasteiger partial charge in [-0.15, -0.1) is 0 Å². The topological polar surface area (TPSA) is 20.2 Å². The summed E-state index contributed by atoms with van der Waals surface area (Å²) in [5, 5.41) is 10.6. The molecule has 0 bridgehead atoms. The fourth-order valence-electron chi connectivity index (χ4n) is 2.59. The summed E-state index contributed by atoms with van der Waals surface area (Å²) in [5.41, 5.74) is 1.23. The van der Waals surface area contributed by atoms with Gasteiger partial charge in [-0.3, -0.25) is 0 Å². The number of halogens is 1. The molecule has 2 rings (SSSR count). The van der Waals surface area contributed by atoms with Crippen LogP contribution in [0.4, 0.5) is 0 Å². The Bertz CT molecular complexity index is 337. The standard InChI is InChI=1S/C14H19ClO/c15-14-8-4-2-6-12(14)9-11-5-1-3-7-13(16)10-11/h2,4,6,8,11,13,16H,1,3,5,7,9-10H2. The third-order valence-electron chi connectivity index (χ3n) is 3.47. The summed E-state index contributed by atoms with van der Waals surface area (Å²) in [6, 6.07) is 8.05. The van der Waals surface area contributed by atoms with Gasteiger partial charge in [0.15, 0.2) is 0 Å². The largest absolute Gasteiger partial charge is 0.393 e. The van der Waals surface area contributed by atoms with Gasteiger partial charge in [0, 0.05) is 5.02 Å². The van der Waals surface area contributed by atoms with E-state index >= 15 is 0 Å². The van der Waals surface area contributed by atoms with Crippen LogP contribution in [0.3, 0.4) is 0 Å². The lowest BCUT2D eigenvalue weighted by molar-refractivity contribution is 0.141. The lowest BCUT2D eigenvalue weighted by atomic mass is 9.92. The zero-order chi connectivity index (χ0) is 11.4. The van der Waals surface area contributed by atoms with E-state index in [-0.39, 0.29) is 6.10 Å². The second-order valence-electron chi connectivity index (χ2n) is 4.84. The zero-order valence-corrected chi connectivity index (χ0v) is 10.3. The van der Waals surface area contributed by atoms with E-state index in [9.17, 15) is 5.11 Å². The minimum atomic E-state index is -0.102. The molecule has 0 saturated heterocycles. The zero-order valence-electron chi connectivity index (χ0n) is 9.53. The van der Waals surface area contributed by atoms with Gasteiger partial charge in [0.05, 0.1) is 6.10 Å². The van der Waals surface area contributed by atoms with Crippen LogP contribution in [0.5, 0.6) is 0 Å². The van der Waals surface area contributed by atoms with Crippen molar-refractivity contribution in [3.63, 3.8) is 0 Å². The predicted molar refractivity (Wildman–Crippen MR) is 67.7 cm³/mol. The van der Waals surface area contributed by atoms with Crippen molar-refractivity contribution in [3.8, 4) is 0 Å². The summed E-state index contributed by atoms with van der Waals surface area (Å²) in [6.45, 7) is 0. The first-order chi connectivity index (χ1) is 7.75. The predicted octanol–water partition coefficient (Wildman–Crippen LogP) is 3.82. The first-order valence-corrected chi connectivity index (χ1v) is 6.55. The van der Waals surface area contributed by atoms with Crippen LogP contribution in [0.2, 0.25) is 5.02 Å². The number of benzene rings is 1. The molecule has 88 valence electrons. The Morgan fingerprint density at radius 2 is 1.94 bits per heavy atom. The van der Waals surface area contributed by atoms with Crippen LogP contribution in [0.1, 0.15) is 37.7 Å². The van der Waals surface area contributed by atoms with Gasteiger partial charge >= 0.3 is 0 Å². The molecule has 2 atom stereocenters. The maximum absolute atomic E-state index is 9.77. The highest BCUT2D eigenvalue weighted by Gasteiger charge is 2.19. The van der Waals surface area contributed by atoms with E-state index in [0.29, 0.717) is 5.92 Å². The molecule has 16 heavy (non-hydrogen) atoms. The molecule has 0 aromatic heterocycles. The van der Waals surface area contributed by atoms with Gasteiger partial charge in [-0.05, 0) is 36.8 Å². The van der Waals surface area contributed by atoms with Gasteiger partial charge in [-0.1, -0.05) is 49.1 Å². The fraction of sp³-hybridized carbons (Fsp3) is 0.571. The van der Waals surface area contributed by atoms with Crippen molar-refractivity contribution in [2.24, 2.45) is 5.92 Å². The summed E-state index contributed by atoms with van der Waals surface area (Å²) in [7, 11) is 0. The van der Waals surface area contributed by atoms with Crippen LogP contribution in [-0.4, -0.2) is 11.2 Å². The van der Waals surface area contributed by atoms with E-state index in [1.54, 1.807) is 0 Å². The normalized spacial score (nSPS) is 26.4. The van der Waals surface area contributed by atoms with E-state index in [1.165, 1.54) is 24.8 Å². The molecule has 1 N–H and O–H groups in total.